The molecule has 3 aromatic rings. The Balaban J connectivity index is 2.11. The van der Waals surface area contributed by atoms with Crippen LogP contribution in [0.2, 0.25) is 0 Å². The Kier molecular flexibility index (Phi) is 2.51. The van der Waals surface area contributed by atoms with Crippen molar-refractivity contribution >= 4 is 33.0 Å². The number of anilines is 1. The van der Waals surface area contributed by atoms with Crippen molar-refractivity contribution in [1.29, 1.82) is 0 Å². The molecule has 0 atom stereocenters. The lowest BCUT2D eigenvalue weighted by Gasteiger charge is -2.04. The largest absolute Gasteiger partial charge is 0.369 e. The Morgan fingerprint density at radius 2 is 2.28 bits per heavy atom. The molecule has 18 heavy (non-hydrogen) atoms. The molecule has 0 aliphatic heterocycles. The number of nitrogens with zero attached hydrogens (tertiary/aromatic N) is 6. The minimum Gasteiger partial charge on any atom is -0.369 e. The summed E-state index contributed by atoms with van der Waals surface area (Å²) >= 11 is 3.36. The van der Waals surface area contributed by atoms with Crippen LogP contribution < -0.4 is 5.73 Å². The van der Waals surface area contributed by atoms with E-state index in [4.69, 9.17) is 5.73 Å². The molecule has 3 heterocycles. The van der Waals surface area contributed by atoms with Crippen LogP contribution in [0.5, 0.6) is 0 Å². The van der Waals surface area contributed by atoms with Gasteiger partial charge in [-0.15, -0.1) is 10.2 Å². The summed E-state index contributed by atoms with van der Waals surface area (Å²) in [5.74, 6) is 1.21. The van der Waals surface area contributed by atoms with Gasteiger partial charge in [0.1, 0.15) is 11.8 Å². The van der Waals surface area contributed by atoms with Crippen LogP contribution in [0.15, 0.2) is 23.1 Å². The van der Waals surface area contributed by atoms with Gasteiger partial charge in [-0.25, -0.2) is 9.97 Å². The minimum absolute atomic E-state index is 0.415. The fourth-order valence-corrected chi connectivity index (χ4v) is 2.07. The van der Waals surface area contributed by atoms with E-state index in [-0.39, 0.29) is 0 Å². The summed E-state index contributed by atoms with van der Waals surface area (Å²) in [5, 5.41) is 7.86. The third-order valence-electron chi connectivity index (χ3n) is 2.69. The third-order valence-corrected chi connectivity index (χ3v) is 3.12. The van der Waals surface area contributed by atoms with Gasteiger partial charge in [0.05, 0.1) is 6.54 Å². The number of aryl methyl sites for hydroxylation is 1. The fraction of sp³-hybridized carbons (Fsp3) is 0.200. The molecular formula is C10H10BrN7. The molecule has 0 aromatic carbocycles. The normalized spacial score (nSPS) is 11.2. The molecule has 0 fully saturated rings. The number of aromatic nitrogens is 6. The molecule has 0 radical (unpaired) electrons. The standard InChI is InChI=1S/C10H10BrN7/c1-17-5-14-16-8(17)4-18-9-7(15-10(18)12)2-6(11)3-13-9/h2-3,5H,4H2,1H3,(H2,12,15). The molecule has 0 saturated carbocycles. The van der Waals surface area contributed by atoms with Crippen LogP contribution >= 0.6 is 15.9 Å². The second-order valence-electron chi connectivity index (χ2n) is 3.91. The van der Waals surface area contributed by atoms with Crippen molar-refractivity contribution in [3.8, 4) is 0 Å². The Hall–Kier alpha value is -1.96. The maximum absolute atomic E-state index is 5.91. The van der Waals surface area contributed by atoms with Gasteiger partial charge in [0.2, 0.25) is 5.95 Å². The molecular weight excluding hydrogens is 298 g/mol. The number of fused-ring (bicyclic) bond motifs is 1. The minimum atomic E-state index is 0.415. The van der Waals surface area contributed by atoms with Gasteiger partial charge in [-0.1, -0.05) is 0 Å². The van der Waals surface area contributed by atoms with Crippen molar-refractivity contribution in [3.05, 3.63) is 28.9 Å². The first kappa shape index (κ1) is 11.1. The molecule has 3 aromatic heterocycles. The smallest absolute Gasteiger partial charge is 0.202 e. The maximum atomic E-state index is 5.91. The first-order valence-electron chi connectivity index (χ1n) is 5.25. The van der Waals surface area contributed by atoms with Crippen LogP contribution in [-0.4, -0.2) is 29.3 Å². The lowest BCUT2D eigenvalue weighted by atomic mass is 10.4. The quantitative estimate of drug-likeness (QED) is 0.761. The fourth-order valence-electron chi connectivity index (χ4n) is 1.75. The lowest BCUT2D eigenvalue weighted by molar-refractivity contribution is 0.714. The lowest BCUT2D eigenvalue weighted by Crippen LogP contribution is -2.09. The van der Waals surface area contributed by atoms with E-state index < -0.39 is 0 Å². The number of hydrogen-bond acceptors (Lipinski definition) is 5. The van der Waals surface area contributed by atoms with Crippen molar-refractivity contribution < 1.29 is 0 Å². The highest BCUT2D eigenvalue weighted by atomic mass is 79.9. The van der Waals surface area contributed by atoms with E-state index in [0.717, 1.165) is 21.5 Å². The summed E-state index contributed by atoms with van der Waals surface area (Å²) in [7, 11) is 1.88. The molecule has 3 rings (SSSR count). The van der Waals surface area contributed by atoms with Crippen LogP contribution in [0.3, 0.4) is 0 Å². The summed E-state index contributed by atoms with van der Waals surface area (Å²) < 4.78 is 4.52. The Labute approximate surface area is 111 Å². The second-order valence-corrected chi connectivity index (χ2v) is 4.83. The van der Waals surface area contributed by atoms with Crippen molar-refractivity contribution in [1.82, 2.24) is 29.3 Å². The summed E-state index contributed by atoms with van der Waals surface area (Å²) in [6.45, 7) is 0.494. The molecule has 0 bridgehead atoms. The molecule has 0 unspecified atom stereocenters. The topological polar surface area (TPSA) is 87.4 Å². The predicted octanol–water partition coefficient (Wildman–Crippen LogP) is 0.953. The van der Waals surface area contributed by atoms with Gasteiger partial charge in [0, 0.05) is 17.7 Å². The van der Waals surface area contributed by atoms with E-state index in [2.05, 4.69) is 36.1 Å². The molecule has 0 saturated heterocycles. The van der Waals surface area contributed by atoms with Gasteiger partial charge < -0.3 is 10.3 Å². The van der Waals surface area contributed by atoms with E-state index in [1.54, 1.807) is 12.5 Å². The maximum Gasteiger partial charge on any atom is 0.202 e. The Morgan fingerprint density at radius 1 is 1.44 bits per heavy atom. The van der Waals surface area contributed by atoms with Gasteiger partial charge in [-0.3, -0.25) is 4.57 Å². The van der Waals surface area contributed by atoms with Gasteiger partial charge in [0.25, 0.3) is 0 Å². The first-order valence-corrected chi connectivity index (χ1v) is 6.04. The third kappa shape index (κ3) is 1.74. The van der Waals surface area contributed by atoms with Crippen LogP contribution in [-0.2, 0) is 13.6 Å². The van der Waals surface area contributed by atoms with E-state index in [9.17, 15) is 0 Å². The second kappa shape index (κ2) is 4.05. The number of nitrogens with two attached hydrogens (primary N) is 1. The molecule has 0 aliphatic rings. The summed E-state index contributed by atoms with van der Waals surface area (Å²) in [6, 6.07) is 1.88. The Bertz CT molecular complexity index is 714. The van der Waals surface area contributed by atoms with Crippen molar-refractivity contribution in [2.24, 2.45) is 7.05 Å². The van der Waals surface area contributed by atoms with Gasteiger partial charge >= 0.3 is 0 Å². The van der Waals surface area contributed by atoms with Crippen molar-refractivity contribution in [2.75, 3.05) is 5.73 Å². The van der Waals surface area contributed by atoms with Gasteiger partial charge in [0.15, 0.2) is 11.5 Å². The average molecular weight is 308 g/mol. The van der Waals surface area contributed by atoms with E-state index >= 15 is 0 Å². The zero-order valence-electron chi connectivity index (χ0n) is 9.58. The number of rotatable bonds is 2. The summed E-state index contributed by atoms with van der Waals surface area (Å²) in [5.41, 5.74) is 7.40. The predicted molar refractivity (Wildman–Crippen MR) is 69.7 cm³/mol. The SMILES string of the molecule is Cn1cnnc1Cn1c(N)nc2cc(Br)cnc21. The van der Waals surface area contributed by atoms with Crippen LogP contribution in [0.25, 0.3) is 11.2 Å². The molecule has 0 aliphatic carbocycles. The van der Waals surface area contributed by atoms with Crippen molar-refractivity contribution in [3.63, 3.8) is 0 Å². The molecule has 0 amide bonds. The number of hydrogen-bond donors (Lipinski definition) is 1. The van der Waals surface area contributed by atoms with Crippen molar-refractivity contribution in [2.45, 2.75) is 6.54 Å². The van der Waals surface area contributed by atoms with Crippen LogP contribution in [0.4, 0.5) is 5.95 Å². The number of imidazole rings is 1. The zero-order chi connectivity index (χ0) is 12.7. The van der Waals surface area contributed by atoms with Crippen LogP contribution in [0, 0.1) is 0 Å². The highest BCUT2D eigenvalue weighted by Gasteiger charge is 2.12. The number of pyridine rings is 1. The monoisotopic (exact) mass is 307 g/mol. The molecule has 8 heteroatoms. The number of halogens is 1. The number of nitrogen functional groups attached to an aromatic ring is 1. The molecule has 92 valence electrons. The van der Waals surface area contributed by atoms with Crippen LogP contribution in [0.1, 0.15) is 5.82 Å². The highest BCUT2D eigenvalue weighted by molar-refractivity contribution is 9.10. The van der Waals surface area contributed by atoms with E-state index in [1.165, 1.54) is 0 Å². The molecule has 0 spiro atoms. The molecule has 2 N–H and O–H groups in total. The summed E-state index contributed by atoms with van der Waals surface area (Å²) in [6.07, 6.45) is 3.37. The van der Waals surface area contributed by atoms with E-state index in [0.29, 0.717) is 12.5 Å². The van der Waals surface area contributed by atoms with Gasteiger partial charge in [-0.05, 0) is 22.0 Å². The Morgan fingerprint density at radius 3 is 3.00 bits per heavy atom. The van der Waals surface area contributed by atoms with Gasteiger partial charge in [-0.2, -0.15) is 0 Å². The van der Waals surface area contributed by atoms with E-state index in [1.807, 2.05) is 22.2 Å². The first-order chi connectivity index (χ1) is 8.65. The summed E-state index contributed by atoms with van der Waals surface area (Å²) in [4.78, 5) is 8.60. The zero-order valence-corrected chi connectivity index (χ0v) is 11.2. The molecule has 7 nitrogen and oxygen atoms in total. The highest BCUT2D eigenvalue weighted by Crippen LogP contribution is 2.20. The average Bonchev–Trinajstić information content (AvgIpc) is 2.85.